The largest absolute Gasteiger partial charge is 0.374 e. The van der Waals surface area contributed by atoms with Gasteiger partial charge < -0.3 is 4.90 Å². The highest BCUT2D eigenvalue weighted by molar-refractivity contribution is 5.58. The van der Waals surface area contributed by atoms with Gasteiger partial charge in [0.15, 0.2) is 0 Å². The zero-order valence-electron chi connectivity index (χ0n) is 8.67. The first-order valence-electron chi connectivity index (χ1n) is 5.02. The predicted molar refractivity (Wildman–Crippen MR) is 57.5 cm³/mol. The van der Waals surface area contributed by atoms with Crippen molar-refractivity contribution in [2.45, 2.75) is 26.2 Å². The Hall–Kier alpha value is -0.980. The van der Waals surface area contributed by atoms with Crippen LogP contribution in [0.5, 0.6) is 0 Å². The third-order valence-electron chi connectivity index (χ3n) is 2.90. The van der Waals surface area contributed by atoms with E-state index in [0.29, 0.717) is 5.92 Å². The molecule has 0 aliphatic carbocycles. The predicted octanol–water partition coefficient (Wildman–Crippen LogP) is 2.80. The molecule has 0 spiro atoms. The SMILES string of the molecule is CC(C)c1ccc2c(c1)CCN2C. The smallest absolute Gasteiger partial charge is 0.0397 e. The summed E-state index contributed by atoms with van der Waals surface area (Å²) in [7, 11) is 2.17. The summed E-state index contributed by atoms with van der Waals surface area (Å²) in [5.74, 6) is 0.649. The van der Waals surface area contributed by atoms with Crippen LogP contribution in [0.15, 0.2) is 18.2 Å². The molecule has 0 N–H and O–H groups in total. The Labute approximate surface area is 80.4 Å². The third-order valence-corrected chi connectivity index (χ3v) is 2.90. The number of fused-ring (bicyclic) bond motifs is 1. The normalized spacial score (nSPS) is 15.2. The van der Waals surface area contributed by atoms with Crippen molar-refractivity contribution in [2.75, 3.05) is 18.5 Å². The van der Waals surface area contributed by atoms with Crippen molar-refractivity contribution in [1.29, 1.82) is 0 Å². The van der Waals surface area contributed by atoms with Gasteiger partial charge in [0, 0.05) is 19.3 Å². The van der Waals surface area contributed by atoms with Gasteiger partial charge in [-0.2, -0.15) is 0 Å². The molecular formula is C12H17N. The van der Waals surface area contributed by atoms with Gasteiger partial charge in [0.25, 0.3) is 0 Å². The van der Waals surface area contributed by atoms with Crippen LogP contribution in [0, 0.1) is 0 Å². The summed E-state index contributed by atoms with van der Waals surface area (Å²) in [4.78, 5) is 2.33. The lowest BCUT2D eigenvalue weighted by atomic mass is 10.00. The van der Waals surface area contributed by atoms with E-state index in [-0.39, 0.29) is 0 Å². The molecule has 1 nitrogen and oxygen atoms in total. The van der Waals surface area contributed by atoms with Crippen LogP contribution in [0.1, 0.15) is 30.9 Å². The van der Waals surface area contributed by atoms with Gasteiger partial charge in [0.05, 0.1) is 0 Å². The van der Waals surface area contributed by atoms with Gasteiger partial charge in [-0.15, -0.1) is 0 Å². The molecule has 1 aliphatic rings. The minimum Gasteiger partial charge on any atom is -0.374 e. The van der Waals surface area contributed by atoms with E-state index in [2.05, 4.69) is 44.0 Å². The number of anilines is 1. The number of rotatable bonds is 1. The summed E-state index contributed by atoms with van der Waals surface area (Å²) in [5, 5.41) is 0. The Morgan fingerprint density at radius 3 is 2.77 bits per heavy atom. The van der Waals surface area contributed by atoms with Gasteiger partial charge in [-0.05, 0) is 29.5 Å². The number of hydrogen-bond donors (Lipinski definition) is 0. The molecule has 0 amide bonds. The Balaban J connectivity index is 2.40. The van der Waals surface area contributed by atoms with Crippen molar-refractivity contribution in [3.05, 3.63) is 29.3 Å². The molecular weight excluding hydrogens is 158 g/mol. The van der Waals surface area contributed by atoms with Crippen LogP contribution in [0.25, 0.3) is 0 Å². The second-order valence-electron chi connectivity index (χ2n) is 4.21. The highest BCUT2D eigenvalue weighted by Crippen LogP contribution is 2.29. The summed E-state index contributed by atoms with van der Waals surface area (Å²) >= 11 is 0. The minimum atomic E-state index is 0.649. The van der Waals surface area contributed by atoms with Crippen LogP contribution in [0.4, 0.5) is 5.69 Å². The van der Waals surface area contributed by atoms with Crippen LogP contribution in [0.3, 0.4) is 0 Å². The number of nitrogens with zero attached hydrogens (tertiary/aromatic N) is 1. The standard InChI is InChI=1S/C12H17N/c1-9(2)10-4-5-12-11(8-10)6-7-13(12)3/h4-5,8-9H,6-7H2,1-3H3. The van der Waals surface area contributed by atoms with Gasteiger partial charge in [-0.1, -0.05) is 26.0 Å². The van der Waals surface area contributed by atoms with Crippen LogP contribution < -0.4 is 4.90 Å². The fourth-order valence-corrected chi connectivity index (χ4v) is 1.95. The molecule has 0 aromatic heterocycles. The molecule has 0 saturated carbocycles. The fraction of sp³-hybridized carbons (Fsp3) is 0.500. The van der Waals surface area contributed by atoms with Crippen molar-refractivity contribution < 1.29 is 0 Å². The van der Waals surface area contributed by atoms with Crippen LogP contribution >= 0.6 is 0 Å². The van der Waals surface area contributed by atoms with Gasteiger partial charge in [-0.25, -0.2) is 0 Å². The van der Waals surface area contributed by atoms with Crippen molar-refractivity contribution in [3.63, 3.8) is 0 Å². The number of likely N-dealkylation sites (N-methyl/N-ethyl adjacent to an activating group) is 1. The average molecular weight is 175 g/mol. The number of hydrogen-bond acceptors (Lipinski definition) is 1. The second-order valence-corrected chi connectivity index (χ2v) is 4.21. The Kier molecular flexibility index (Phi) is 2.03. The Morgan fingerprint density at radius 2 is 2.08 bits per heavy atom. The molecule has 0 atom stereocenters. The first-order chi connectivity index (χ1) is 6.18. The lowest BCUT2D eigenvalue weighted by molar-refractivity contribution is 0.864. The van der Waals surface area contributed by atoms with Crippen molar-refractivity contribution in [2.24, 2.45) is 0 Å². The van der Waals surface area contributed by atoms with Crippen LogP contribution in [-0.2, 0) is 6.42 Å². The zero-order valence-corrected chi connectivity index (χ0v) is 8.67. The summed E-state index contributed by atoms with van der Waals surface area (Å²) < 4.78 is 0. The molecule has 1 aromatic rings. The van der Waals surface area contributed by atoms with Gasteiger partial charge in [0.1, 0.15) is 0 Å². The van der Waals surface area contributed by atoms with Gasteiger partial charge in [-0.3, -0.25) is 0 Å². The maximum Gasteiger partial charge on any atom is 0.0397 e. The van der Waals surface area contributed by atoms with Crippen molar-refractivity contribution in [3.8, 4) is 0 Å². The first-order valence-corrected chi connectivity index (χ1v) is 5.02. The first kappa shape index (κ1) is 8.61. The molecule has 13 heavy (non-hydrogen) atoms. The van der Waals surface area contributed by atoms with E-state index in [1.807, 2.05) is 0 Å². The maximum absolute atomic E-state index is 2.36. The van der Waals surface area contributed by atoms with Crippen LogP contribution in [0.2, 0.25) is 0 Å². The molecule has 1 heterocycles. The monoisotopic (exact) mass is 175 g/mol. The zero-order chi connectivity index (χ0) is 9.42. The molecule has 0 radical (unpaired) electrons. The summed E-state index contributed by atoms with van der Waals surface area (Å²) in [6.45, 7) is 5.68. The molecule has 0 unspecified atom stereocenters. The van der Waals surface area contributed by atoms with Crippen LogP contribution in [-0.4, -0.2) is 13.6 Å². The number of benzene rings is 1. The van der Waals surface area contributed by atoms with Gasteiger partial charge >= 0.3 is 0 Å². The van der Waals surface area contributed by atoms with Crippen molar-refractivity contribution >= 4 is 5.69 Å². The summed E-state index contributed by atoms with van der Waals surface area (Å²) in [6.07, 6.45) is 1.21. The molecule has 70 valence electrons. The Morgan fingerprint density at radius 1 is 1.31 bits per heavy atom. The molecule has 1 heteroatoms. The maximum atomic E-state index is 2.36. The lowest BCUT2D eigenvalue weighted by Crippen LogP contribution is -2.12. The lowest BCUT2D eigenvalue weighted by Gasteiger charge is -2.13. The van der Waals surface area contributed by atoms with E-state index in [4.69, 9.17) is 0 Å². The second kappa shape index (κ2) is 3.06. The fourth-order valence-electron chi connectivity index (χ4n) is 1.95. The van der Waals surface area contributed by atoms with E-state index >= 15 is 0 Å². The molecule has 1 aliphatic heterocycles. The highest BCUT2D eigenvalue weighted by atomic mass is 15.1. The molecule has 0 saturated heterocycles. The quantitative estimate of drug-likeness (QED) is 0.634. The molecule has 0 bridgehead atoms. The Bertz CT molecular complexity index is 315. The highest BCUT2D eigenvalue weighted by Gasteiger charge is 2.15. The van der Waals surface area contributed by atoms with Gasteiger partial charge in [0.2, 0.25) is 0 Å². The van der Waals surface area contributed by atoms with E-state index in [9.17, 15) is 0 Å². The van der Waals surface area contributed by atoms with E-state index in [1.165, 1.54) is 29.8 Å². The molecule has 2 rings (SSSR count). The average Bonchev–Trinajstić information content (AvgIpc) is 2.47. The van der Waals surface area contributed by atoms with E-state index in [0.717, 1.165) is 0 Å². The van der Waals surface area contributed by atoms with E-state index < -0.39 is 0 Å². The molecule has 0 fully saturated rings. The minimum absolute atomic E-state index is 0.649. The third kappa shape index (κ3) is 1.43. The van der Waals surface area contributed by atoms with Crippen molar-refractivity contribution in [1.82, 2.24) is 0 Å². The molecule has 1 aromatic carbocycles. The topological polar surface area (TPSA) is 3.24 Å². The summed E-state index contributed by atoms with van der Waals surface area (Å²) in [5.41, 5.74) is 4.41. The summed E-state index contributed by atoms with van der Waals surface area (Å²) in [6, 6.07) is 6.88. The van der Waals surface area contributed by atoms with E-state index in [1.54, 1.807) is 0 Å².